The van der Waals surface area contributed by atoms with Crippen LogP contribution in [-0.2, 0) is 9.53 Å². The molecule has 1 fully saturated rings. The summed E-state index contributed by atoms with van der Waals surface area (Å²) in [6.45, 7) is 13.5. The summed E-state index contributed by atoms with van der Waals surface area (Å²) in [6, 6.07) is 3.30. The first-order chi connectivity index (χ1) is 14.4. The van der Waals surface area contributed by atoms with Gasteiger partial charge in [0.25, 0.3) is 0 Å². The predicted octanol–water partition coefficient (Wildman–Crippen LogP) is 4.72. The van der Waals surface area contributed by atoms with Gasteiger partial charge in [-0.1, -0.05) is 13.8 Å². The van der Waals surface area contributed by atoms with E-state index in [1.165, 1.54) is 6.20 Å². The van der Waals surface area contributed by atoms with E-state index in [0.717, 1.165) is 37.2 Å². The van der Waals surface area contributed by atoms with E-state index in [-0.39, 0.29) is 11.2 Å². The third-order valence-electron chi connectivity index (χ3n) is 5.70. The molecule has 0 aromatic carbocycles. The zero-order valence-corrected chi connectivity index (χ0v) is 19.3. The maximum atomic E-state index is 12.3. The molecule has 0 radical (unpaired) electrons. The van der Waals surface area contributed by atoms with E-state index in [9.17, 15) is 15.0 Å². The number of carbonyl (C=O) groups is 1. The Labute approximate surface area is 184 Å². The summed E-state index contributed by atoms with van der Waals surface area (Å²) >= 11 is 0. The van der Waals surface area contributed by atoms with Gasteiger partial charge in [-0.3, -0.25) is 9.97 Å². The molecule has 0 amide bonds. The Morgan fingerprint density at radius 1 is 1.16 bits per heavy atom. The molecule has 2 aromatic rings. The van der Waals surface area contributed by atoms with Gasteiger partial charge in [0.1, 0.15) is 5.75 Å². The lowest BCUT2D eigenvalue weighted by molar-refractivity contribution is -0.160. The molecule has 0 saturated carbocycles. The van der Waals surface area contributed by atoms with Crippen molar-refractivity contribution in [3.63, 3.8) is 0 Å². The van der Waals surface area contributed by atoms with Crippen LogP contribution in [0.1, 0.15) is 64.8 Å². The molecule has 0 spiro atoms. The first-order valence-electron chi connectivity index (χ1n) is 10.7. The van der Waals surface area contributed by atoms with E-state index in [2.05, 4.69) is 28.7 Å². The molecule has 3 rings (SSSR count). The maximum absolute atomic E-state index is 12.3. The number of aliphatic carboxylic acids is 1. The number of rotatable bonds is 5. The van der Waals surface area contributed by atoms with E-state index in [4.69, 9.17) is 4.74 Å². The van der Waals surface area contributed by atoms with Crippen LogP contribution >= 0.6 is 0 Å². The Hall–Kier alpha value is -2.67. The van der Waals surface area contributed by atoms with Gasteiger partial charge in [0, 0.05) is 36.1 Å². The molecule has 0 aliphatic carbocycles. The summed E-state index contributed by atoms with van der Waals surface area (Å²) in [5.74, 6) is -0.973. The third kappa shape index (κ3) is 5.34. The Morgan fingerprint density at radius 3 is 2.32 bits per heavy atom. The molecule has 1 aliphatic rings. The van der Waals surface area contributed by atoms with Crippen molar-refractivity contribution in [2.75, 3.05) is 18.0 Å². The van der Waals surface area contributed by atoms with E-state index in [0.29, 0.717) is 17.0 Å². The lowest BCUT2D eigenvalue weighted by Gasteiger charge is -2.40. The van der Waals surface area contributed by atoms with Crippen molar-refractivity contribution in [3.05, 3.63) is 35.8 Å². The monoisotopic (exact) mass is 427 g/mol. The third-order valence-corrected chi connectivity index (χ3v) is 5.70. The van der Waals surface area contributed by atoms with Crippen molar-refractivity contribution in [2.45, 2.75) is 66.1 Å². The van der Waals surface area contributed by atoms with Crippen LogP contribution in [0.5, 0.6) is 5.75 Å². The van der Waals surface area contributed by atoms with Gasteiger partial charge in [-0.25, -0.2) is 4.79 Å². The fourth-order valence-corrected chi connectivity index (χ4v) is 3.92. The topological polar surface area (TPSA) is 95.8 Å². The Balaban J connectivity index is 2.22. The van der Waals surface area contributed by atoms with Gasteiger partial charge in [0.2, 0.25) is 0 Å². The van der Waals surface area contributed by atoms with Gasteiger partial charge < -0.3 is 19.8 Å². The normalized spacial score (nSPS) is 17.4. The number of aryl methyl sites for hydroxylation is 1. The summed E-state index contributed by atoms with van der Waals surface area (Å²) in [5.41, 5.74) is 2.95. The summed E-state index contributed by atoms with van der Waals surface area (Å²) < 4.78 is 6.02. The number of anilines is 1. The highest BCUT2D eigenvalue weighted by Gasteiger charge is 2.35. The molecule has 0 unspecified atom stereocenters. The predicted molar refractivity (Wildman–Crippen MR) is 120 cm³/mol. The van der Waals surface area contributed by atoms with Crippen LogP contribution in [0, 0.1) is 12.3 Å². The zero-order chi connectivity index (χ0) is 23.0. The minimum Gasteiger partial charge on any atom is -0.506 e. The summed E-state index contributed by atoms with van der Waals surface area (Å²) in [6.07, 6.45) is 3.96. The summed E-state index contributed by atoms with van der Waals surface area (Å²) in [7, 11) is 0. The summed E-state index contributed by atoms with van der Waals surface area (Å²) in [5, 5.41) is 19.8. The summed E-state index contributed by atoms with van der Waals surface area (Å²) in [4.78, 5) is 23.5. The number of ether oxygens (including phenoxy) is 1. The molecular formula is C24H33N3O4. The van der Waals surface area contributed by atoms with E-state index >= 15 is 0 Å². The van der Waals surface area contributed by atoms with Gasteiger partial charge in [-0.2, -0.15) is 0 Å². The lowest BCUT2D eigenvalue weighted by Crippen LogP contribution is -2.39. The SMILES string of the molecule is Cc1ncc(-c2ccc(O)cn2)c(N2CCC(C)(C)CC2)c1[C@H](OC(C)(C)C)C(=O)O. The standard InChI is InChI=1S/C24H33N3O4/c1-15-19(21(22(29)30)31-23(2,3)4)20(27-11-9-24(5,6)10-12-27)17(14-25-15)18-8-7-16(28)13-26-18/h7-8,13-14,21,28H,9-12H2,1-6H3,(H,29,30)/t21-/m0/s1. The lowest BCUT2D eigenvalue weighted by atomic mass is 9.82. The van der Waals surface area contributed by atoms with E-state index in [1.54, 1.807) is 18.3 Å². The van der Waals surface area contributed by atoms with Gasteiger partial charge in [-0.15, -0.1) is 0 Å². The van der Waals surface area contributed by atoms with Crippen LogP contribution in [-0.4, -0.2) is 44.8 Å². The maximum Gasteiger partial charge on any atom is 0.337 e. The second-order valence-corrected chi connectivity index (χ2v) is 10.0. The number of hydrogen-bond donors (Lipinski definition) is 2. The highest BCUT2D eigenvalue weighted by Crippen LogP contribution is 2.43. The molecule has 0 bridgehead atoms. The molecule has 168 valence electrons. The molecular weight excluding hydrogens is 394 g/mol. The van der Waals surface area contributed by atoms with Crippen molar-refractivity contribution < 1.29 is 19.7 Å². The Morgan fingerprint density at radius 2 is 1.81 bits per heavy atom. The molecule has 1 atom stereocenters. The number of pyridine rings is 2. The van der Waals surface area contributed by atoms with Gasteiger partial charge in [0.15, 0.2) is 6.10 Å². The van der Waals surface area contributed by atoms with Gasteiger partial charge in [-0.05, 0) is 58.1 Å². The number of hydrogen-bond acceptors (Lipinski definition) is 6. The Kier molecular flexibility index (Phi) is 6.28. The minimum atomic E-state index is -1.16. The largest absolute Gasteiger partial charge is 0.506 e. The first kappa shape index (κ1) is 23.0. The quantitative estimate of drug-likeness (QED) is 0.712. The van der Waals surface area contributed by atoms with Gasteiger partial charge >= 0.3 is 5.97 Å². The second-order valence-electron chi connectivity index (χ2n) is 10.0. The fourth-order valence-electron chi connectivity index (χ4n) is 3.92. The number of aromatic hydroxyl groups is 1. The van der Waals surface area contributed by atoms with Crippen LogP contribution in [0.4, 0.5) is 5.69 Å². The number of carboxylic acids is 1. The van der Waals surface area contributed by atoms with Crippen LogP contribution in [0.3, 0.4) is 0 Å². The van der Waals surface area contributed by atoms with Crippen LogP contribution in [0.2, 0.25) is 0 Å². The van der Waals surface area contributed by atoms with Crippen molar-refractivity contribution in [3.8, 4) is 17.0 Å². The van der Waals surface area contributed by atoms with E-state index < -0.39 is 17.7 Å². The highest BCUT2D eigenvalue weighted by molar-refractivity contribution is 5.85. The average molecular weight is 428 g/mol. The first-order valence-corrected chi connectivity index (χ1v) is 10.7. The van der Waals surface area contributed by atoms with Crippen LogP contribution < -0.4 is 4.90 Å². The number of nitrogens with zero attached hydrogens (tertiary/aromatic N) is 3. The number of piperidine rings is 1. The molecule has 7 heteroatoms. The molecule has 1 aliphatic heterocycles. The van der Waals surface area contributed by atoms with Gasteiger partial charge in [0.05, 0.1) is 23.2 Å². The number of carboxylic acid groups (broad SMARTS) is 1. The van der Waals surface area contributed by atoms with Crippen LogP contribution in [0.15, 0.2) is 24.5 Å². The second kappa shape index (κ2) is 8.46. The van der Waals surface area contributed by atoms with Crippen molar-refractivity contribution in [2.24, 2.45) is 5.41 Å². The van der Waals surface area contributed by atoms with Crippen molar-refractivity contribution in [1.29, 1.82) is 0 Å². The Bertz CT molecular complexity index is 939. The highest BCUT2D eigenvalue weighted by atomic mass is 16.5. The molecule has 2 aromatic heterocycles. The molecule has 1 saturated heterocycles. The molecule has 3 heterocycles. The fraction of sp³-hybridized carbons (Fsp3) is 0.542. The zero-order valence-electron chi connectivity index (χ0n) is 19.3. The number of aromatic nitrogens is 2. The van der Waals surface area contributed by atoms with Crippen molar-refractivity contribution in [1.82, 2.24) is 9.97 Å². The molecule has 31 heavy (non-hydrogen) atoms. The van der Waals surface area contributed by atoms with Crippen molar-refractivity contribution >= 4 is 11.7 Å². The smallest absolute Gasteiger partial charge is 0.337 e. The molecule has 7 nitrogen and oxygen atoms in total. The van der Waals surface area contributed by atoms with E-state index in [1.807, 2.05) is 27.7 Å². The van der Waals surface area contributed by atoms with Crippen LogP contribution in [0.25, 0.3) is 11.3 Å². The minimum absolute atomic E-state index is 0.0739. The molecule has 2 N–H and O–H groups in total. The average Bonchev–Trinajstić information content (AvgIpc) is 2.66.